The molecule has 1 saturated heterocycles. The summed E-state index contributed by atoms with van der Waals surface area (Å²) in [5.41, 5.74) is 8.48. The molecule has 2 atom stereocenters. The molecule has 1 aromatic rings. The number of benzene rings is 1. The quantitative estimate of drug-likeness (QED) is 0.731. The minimum Gasteiger partial charge on any atom is -0.369 e. The number of nitrogens with two attached hydrogens (primary N) is 1. The molecule has 1 aromatic carbocycles. The van der Waals surface area contributed by atoms with Gasteiger partial charge < -0.3 is 16.0 Å². The second-order valence-corrected chi connectivity index (χ2v) is 5.92. The molecule has 1 aliphatic rings. The second-order valence-electron chi connectivity index (χ2n) is 5.92. The maximum Gasteiger partial charge on any atom is 0.279 e. The molecule has 2 amide bonds. The van der Waals surface area contributed by atoms with Gasteiger partial charge in [0.05, 0.1) is 19.0 Å². The number of nitrogens with one attached hydrogen (secondary N) is 2. The molecule has 0 saturated carbocycles. The highest BCUT2D eigenvalue weighted by atomic mass is 16.2. The van der Waals surface area contributed by atoms with E-state index in [-0.39, 0.29) is 17.7 Å². The first-order chi connectivity index (χ1) is 9.97. The molecule has 0 aliphatic carbocycles. The Morgan fingerprint density at radius 3 is 2.86 bits per heavy atom. The lowest BCUT2D eigenvalue weighted by atomic mass is 9.97. The summed E-state index contributed by atoms with van der Waals surface area (Å²) in [5.74, 6) is -0.354. The number of hydrogen-bond acceptors (Lipinski definition) is 2. The van der Waals surface area contributed by atoms with Crippen molar-refractivity contribution in [1.29, 1.82) is 0 Å². The largest absolute Gasteiger partial charge is 0.369 e. The number of carbonyl (C=O) groups is 2. The molecule has 0 bridgehead atoms. The van der Waals surface area contributed by atoms with Gasteiger partial charge in [-0.25, -0.2) is 0 Å². The van der Waals surface area contributed by atoms with Gasteiger partial charge in [0.2, 0.25) is 5.91 Å². The van der Waals surface area contributed by atoms with Crippen molar-refractivity contribution >= 4 is 17.5 Å². The predicted molar refractivity (Wildman–Crippen MR) is 82.0 cm³/mol. The highest BCUT2D eigenvalue weighted by Gasteiger charge is 2.28. The van der Waals surface area contributed by atoms with Crippen LogP contribution < -0.4 is 16.0 Å². The van der Waals surface area contributed by atoms with E-state index in [0.29, 0.717) is 13.1 Å². The SMILES string of the molecule is Cc1cccc(NC(=O)C[NH+]2CCC[C@H](C(N)=O)C2)c1C. The van der Waals surface area contributed by atoms with Crippen LogP contribution in [0, 0.1) is 19.8 Å². The van der Waals surface area contributed by atoms with Crippen molar-refractivity contribution in [2.45, 2.75) is 26.7 Å². The number of likely N-dealkylation sites (tertiary alicyclic amines) is 1. The van der Waals surface area contributed by atoms with E-state index in [1.165, 1.54) is 0 Å². The molecule has 5 nitrogen and oxygen atoms in total. The average Bonchev–Trinajstić information content (AvgIpc) is 2.44. The first-order valence-electron chi connectivity index (χ1n) is 7.46. The van der Waals surface area contributed by atoms with Gasteiger partial charge in [-0.2, -0.15) is 0 Å². The molecule has 1 aliphatic heterocycles. The Labute approximate surface area is 125 Å². The van der Waals surface area contributed by atoms with Gasteiger partial charge in [0, 0.05) is 5.69 Å². The van der Waals surface area contributed by atoms with Crippen molar-refractivity contribution in [2.24, 2.45) is 11.7 Å². The van der Waals surface area contributed by atoms with E-state index in [4.69, 9.17) is 5.73 Å². The number of primary amides is 1. The minimum absolute atomic E-state index is 0.0104. The highest BCUT2D eigenvalue weighted by Crippen LogP contribution is 2.17. The summed E-state index contributed by atoms with van der Waals surface area (Å²) >= 11 is 0. The van der Waals surface area contributed by atoms with Gasteiger partial charge in [0.15, 0.2) is 6.54 Å². The molecule has 5 heteroatoms. The molecule has 1 fully saturated rings. The third-order valence-corrected chi connectivity index (χ3v) is 4.31. The number of hydrogen-bond donors (Lipinski definition) is 3. The second kappa shape index (κ2) is 6.72. The van der Waals surface area contributed by atoms with E-state index >= 15 is 0 Å². The van der Waals surface area contributed by atoms with E-state index in [2.05, 4.69) is 5.32 Å². The Balaban J connectivity index is 1.92. The average molecular weight is 290 g/mol. The lowest BCUT2D eigenvalue weighted by Gasteiger charge is -2.27. The fourth-order valence-electron chi connectivity index (χ4n) is 2.86. The first kappa shape index (κ1) is 15.5. The minimum atomic E-state index is -0.248. The van der Waals surface area contributed by atoms with Crippen molar-refractivity contribution in [3.05, 3.63) is 29.3 Å². The molecule has 4 N–H and O–H groups in total. The van der Waals surface area contributed by atoms with Gasteiger partial charge in [-0.15, -0.1) is 0 Å². The number of anilines is 1. The number of aryl methyl sites for hydroxylation is 1. The molecule has 0 spiro atoms. The molecule has 1 heterocycles. The number of amides is 2. The van der Waals surface area contributed by atoms with Gasteiger partial charge in [-0.3, -0.25) is 9.59 Å². The summed E-state index contributed by atoms with van der Waals surface area (Å²) in [6.45, 7) is 6.00. The maximum atomic E-state index is 12.2. The van der Waals surface area contributed by atoms with Gasteiger partial charge in [-0.1, -0.05) is 12.1 Å². The van der Waals surface area contributed by atoms with Crippen LogP contribution in [0.4, 0.5) is 5.69 Å². The molecule has 114 valence electrons. The van der Waals surface area contributed by atoms with Crippen LogP contribution in [0.1, 0.15) is 24.0 Å². The maximum absolute atomic E-state index is 12.2. The Morgan fingerprint density at radius 2 is 2.14 bits per heavy atom. The summed E-state index contributed by atoms with van der Waals surface area (Å²) < 4.78 is 0. The zero-order valence-electron chi connectivity index (χ0n) is 12.7. The molecule has 1 unspecified atom stereocenters. The van der Waals surface area contributed by atoms with E-state index < -0.39 is 0 Å². The Kier molecular flexibility index (Phi) is 4.96. The van der Waals surface area contributed by atoms with Gasteiger partial charge in [-0.05, 0) is 43.9 Å². The molecule has 21 heavy (non-hydrogen) atoms. The highest BCUT2D eigenvalue weighted by molar-refractivity contribution is 5.92. The van der Waals surface area contributed by atoms with E-state index in [0.717, 1.165) is 41.1 Å². The van der Waals surface area contributed by atoms with Crippen LogP contribution in [-0.2, 0) is 9.59 Å². The van der Waals surface area contributed by atoms with Crippen molar-refractivity contribution in [3.63, 3.8) is 0 Å². The summed E-state index contributed by atoms with van der Waals surface area (Å²) in [6, 6.07) is 5.88. The van der Waals surface area contributed by atoms with E-state index in [9.17, 15) is 9.59 Å². The lowest BCUT2D eigenvalue weighted by molar-refractivity contribution is -0.899. The first-order valence-corrected chi connectivity index (χ1v) is 7.46. The van der Waals surface area contributed by atoms with Crippen LogP contribution in [0.5, 0.6) is 0 Å². The van der Waals surface area contributed by atoms with Crippen LogP contribution in [0.2, 0.25) is 0 Å². The normalized spacial score (nSPS) is 21.8. The molecule has 0 aromatic heterocycles. The Bertz CT molecular complexity index is 542. The standard InChI is InChI=1S/C16H23N3O2/c1-11-5-3-7-14(12(11)2)18-15(20)10-19-8-4-6-13(9-19)16(17)21/h3,5,7,13H,4,6,8-10H2,1-2H3,(H2,17,21)(H,18,20)/p+1/t13-/m0/s1. The van der Waals surface area contributed by atoms with Crippen molar-refractivity contribution < 1.29 is 14.5 Å². The zero-order chi connectivity index (χ0) is 15.4. The van der Waals surface area contributed by atoms with E-state index in [1.54, 1.807) is 0 Å². The zero-order valence-corrected chi connectivity index (χ0v) is 12.7. The van der Waals surface area contributed by atoms with Crippen LogP contribution in [0.3, 0.4) is 0 Å². The third kappa shape index (κ3) is 4.04. The Hall–Kier alpha value is -1.88. The Morgan fingerprint density at radius 1 is 1.38 bits per heavy atom. The van der Waals surface area contributed by atoms with E-state index in [1.807, 2.05) is 32.0 Å². The van der Waals surface area contributed by atoms with Crippen molar-refractivity contribution in [3.8, 4) is 0 Å². The number of carbonyl (C=O) groups excluding carboxylic acids is 2. The van der Waals surface area contributed by atoms with Gasteiger partial charge in [0.1, 0.15) is 0 Å². The summed E-state index contributed by atoms with van der Waals surface area (Å²) in [4.78, 5) is 24.6. The van der Waals surface area contributed by atoms with Crippen LogP contribution in [0.25, 0.3) is 0 Å². The molecule has 2 rings (SSSR count). The molecule has 0 radical (unpaired) electrons. The van der Waals surface area contributed by atoms with Crippen LogP contribution in [0.15, 0.2) is 18.2 Å². The fourth-order valence-corrected chi connectivity index (χ4v) is 2.86. The van der Waals surface area contributed by atoms with Crippen LogP contribution >= 0.6 is 0 Å². The van der Waals surface area contributed by atoms with Crippen molar-refractivity contribution in [1.82, 2.24) is 0 Å². The van der Waals surface area contributed by atoms with Gasteiger partial charge >= 0.3 is 0 Å². The predicted octanol–water partition coefficient (Wildman–Crippen LogP) is 0.0221. The number of quaternary nitrogens is 1. The summed E-state index contributed by atoms with van der Waals surface area (Å²) in [5, 5.41) is 2.97. The topological polar surface area (TPSA) is 76.6 Å². The van der Waals surface area contributed by atoms with Gasteiger partial charge in [0.25, 0.3) is 5.91 Å². The third-order valence-electron chi connectivity index (χ3n) is 4.31. The fraction of sp³-hybridized carbons (Fsp3) is 0.500. The smallest absolute Gasteiger partial charge is 0.279 e. The van der Waals surface area contributed by atoms with Crippen molar-refractivity contribution in [2.75, 3.05) is 25.0 Å². The summed E-state index contributed by atoms with van der Waals surface area (Å²) in [6.07, 6.45) is 1.79. The lowest BCUT2D eigenvalue weighted by Crippen LogP contribution is -3.14. The van der Waals surface area contributed by atoms with Crippen LogP contribution in [-0.4, -0.2) is 31.4 Å². The molecular weight excluding hydrogens is 266 g/mol. The monoisotopic (exact) mass is 290 g/mol. The number of rotatable bonds is 4. The number of piperidine rings is 1. The molecular formula is C16H24N3O2+. The summed E-state index contributed by atoms with van der Waals surface area (Å²) in [7, 11) is 0.